The summed E-state index contributed by atoms with van der Waals surface area (Å²) in [5.41, 5.74) is 7.35. The predicted molar refractivity (Wildman–Crippen MR) is 98.5 cm³/mol. The minimum Gasteiger partial charge on any atom is -0.366 e. The number of carbonyl (C=O) groups is 1. The van der Waals surface area contributed by atoms with Crippen LogP contribution < -0.4 is 5.73 Å². The molecule has 4 rings (SSSR count). The van der Waals surface area contributed by atoms with Crippen molar-refractivity contribution in [1.82, 2.24) is 4.57 Å². The Balaban J connectivity index is 1.94. The summed E-state index contributed by atoms with van der Waals surface area (Å²) in [6.45, 7) is 0.246. The molecule has 0 aliphatic heterocycles. The predicted octanol–water partition coefficient (Wildman–Crippen LogP) is 4.96. The van der Waals surface area contributed by atoms with E-state index in [1.165, 1.54) is 6.07 Å². The number of nitrogens with zero attached hydrogens (tertiary/aromatic N) is 1. The van der Waals surface area contributed by atoms with Crippen LogP contribution in [0.25, 0.3) is 21.8 Å². The highest BCUT2D eigenvalue weighted by Gasteiger charge is 2.30. The molecule has 1 amide bonds. The van der Waals surface area contributed by atoms with E-state index < -0.39 is 17.6 Å². The van der Waals surface area contributed by atoms with Gasteiger partial charge in [0.2, 0.25) is 5.91 Å². The molecule has 0 unspecified atom stereocenters. The fraction of sp³-hybridized carbons (Fsp3) is 0.0952. The SMILES string of the molecule is NC(=O)c1cccc2c1c1ccccc1n2Cc1cccc(C(F)(F)F)c1. The van der Waals surface area contributed by atoms with Gasteiger partial charge in [-0.15, -0.1) is 0 Å². The van der Waals surface area contributed by atoms with Gasteiger partial charge in [-0.2, -0.15) is 13.2 Å². The molecule has 27 heavy (non-hydrogen) atoms. The van der Waals surface area contributed by atoms with E-state index in [1.54, 1.807) is 18.2 Å². The van der Waals surface area contributed by atoms with Gasteiger partial charge in [-0.3, -0.25) is 4.79 Å². The molecule has 0 bridgehead atoms. The number of benzene rings is 3. The first-order chi connectivity index (χ1) is 12.9. The molecule has 0 radical (unpaired) electrons. The number of amides is 1. The number of carbonyl (C=O) groups excluding carboxylic acids is 1. The van der Waals surface area contributed by atoms with E-state index >= 15 is 0 Å². The summed E-state index contributed by atoms with van der Waals surface area (Å²) in [5.74, 6) is -0.539. The summed E-state index contributed by atoms with van der Waals surface area (Å²) < 4.78 is 41.0. The van der Waals surface area contributed by atoms with E-state index in [-0.39, 0.29) is 6.54 Å². The maximum absolute atomic E-state index is 13.0. The largest absolute Gasteiger partial charge is 0.416 e. The maximum atomic E-state index is 13.0. The molecule has 3 nitrogen and oxygen atoms in total. The standard InChI is InChI=1S/C21H15F3N2O/c22-21(23,24)14-6-3-5-13(11-14)12-26-17-9-2-1-7-15(17)19-16(20(25)27)8-4-10-18(19)26/h1-11H,12H2,(H2,25,27). The average Bonchev–Trinajstić information content (AvgIpc) is 2.95. The molecule has 0 saturated heterocycles. The first-order valence-corrected chi connectivity index (χ1v) is 8.32. The second-order valence-electron chi connectivity index (χ2n) is 6.37. The second-order valence-corrected chi connectivity index (χ2v) is 6.37. The fourth-order valence-corrected chi connectivity index (χ4v) is 3.50. The second kappa shape index (κ2) is 6.16. The summed E-state index contributed by atoms with van der Waals surface area (Å²) in [4.78, 5) is 11.9. The van der Waals surface area contributed by atoms with Crippen LogP contribution in [0.1, 0.15) is 21.5 Å². The smallest absolute Gasteiger partial charge is 0.366 e. The van der Waals surface area contributed by atoms with Crippen molar-refractivity contribution in [3.63, 3.8) is 0 Å². The lowest BCUT2D eigenvalue weighted by atomic mass is 10.1. The first kappa shape index (κ1) is 17.1. The molecule has 1 heterocycles. The topological polar surface area (TPSA) is 48.0 Å². The Hall–Kier alpha value is -3.28. The Kier molecular flexibility index (Phi) is 3.91. The van der Waals surface area contributed by atoms with Crippen LogP contribution in [0.4, 0.5) is 13.2 Å². The molecule has 1 aromatic heterocycles. The van der Waals surface area contributed by atoms with Crippen molar-refractivity contribution in [3.05, 3.63) is 83.4 Å². The zero-order valence-corrected chi connectivity index (χ0v) is 14.1. The fourth-order valence-electron chi connectivity index (χ4n) is 3.50. The van der Waals surface area contributed by atoms with E-state index in [2.05, 4.69) is 0 Å². The van der Waals surface area contributed by atoms with Crippen molar-refractivity contribution in [3.8, 4) is 0 Å². The number of halogens is 3. The Morgan fingerprint density at radius 3 is 2.37 bits per heavy atom. The number of hydrogen-bond acceptors (Lipinski definition) is 1. The van der Waals surface area contributed by atoms with E-state index in [0.29, 0.717) is 16.5 Å². The van der Waals surface area contributed by atoms with E-state index in [0.717, 1.165) is 28.6 Å². The molecule has 0 saturated carbocycles. The number of nitrogens with two attached hydrogens (primary N) is 1. The zero-order valence-electron chi connectivity index (χ0n) is 14.1. The number of aromatic nitrogens is 1. The van der Waals surface area contributed by atoms with Crippen LogP contribution in [-0.2, 0) is 12.7 Å². The molecule has 136 valence electrons. The normalized spacial score (nSPS) is 12.0. The van der Waals surface area contributed by atoms with Gasteiger partial charge in [0.15, 0.2) is 0 Å². The van der Waals surface area contributed by atoms with Crippen molar-refractivity contribution in [2.45, 2.75) is 12.7 Å². The Bertz CT molecular complexity index is 1180. The minimum absolute atomic E-state index is 0.246. The number of rotatable bonds is 3. The molecule has 4 aromatic rings. The Morgan fingerprint density at radius 2 is 1.63 bits per heavy atom. The van der Waals surface area contributed by atoms with Gasteiger partial charge in [-0.05, 0) is 35.9 Å². The summed E-state index contributed by atoms with van der Waals surface area (Å²) in [7, 11) is 0. The quantitative estimate of drug-likeness (QED) is 0.546. The van der Waals surface area contributed by atoms with Crippen LogP contribution in [0.15, 0.2) is 66.7 Å². The van der Waals surface area contributed by atoms with Gasteiger partial charge in [-0.1, -0.05) is 36.4 Å². The third kappa shape index (κ3) is 2.93. The summed E-state index contributed by atoms with van der Waals surface area (Å²) in [6, 6.07) is 18.0. The van der Waals surface area contributed by atoms with Gasteiger partial charge in [0, 0.05) is 28.4 Å². The molecule has 6 heteroatoms. The number of alkyl halides is 3. The van der Waals surface area contributed by atoms with E-state index in [9.17, 15) is 18.0 Å². The molecule has 0 fully saturated rings. The Morgan fingerprint density at radius 1 is 0.926 bits per heavy atom. The van der Waals surface area contributed by atoms with Crippen molar-refractivity contribution >= 4 is 27.7 Å². The number of primary amides is 1. The molecule has 0 spiro atoms. The molecule has 0 aliphatic rings. The number of hydrogen-bond donors (Lipinski definition) is 1. The van der Waals surface area contributed by atoms with Gasteiger partial charge >= 0.3 is 6.18 Å². The van der Waals surface area contributed by atoms with Crippen LogP contribution in [0.2, 0.25) is 0 Å². The first-order valence-electron chi connectivity index (χ1n) is 8.32. The third-order valence-electron chi connectivity index (χ3n) is 4.66. The van der Waals surface area contributed by atoms with Gasteiger partial charge in [0.05, 0.1) is 11.1 Å². The lowest BCUT2D eigenvalue weighted by molar-refractivity contribution is -0.137. The molecule has 3 aromatic carbocycles. The number of para-hydroxylation sites is 1. The molecular formula is C21H15F3N2O. The van der Waals surface area contributed by atoms with Crippen molar-refractivity contribution < 1.29 is 18.0 Å². The lowest BCUT2D eigenvalue weighted by Crippen LogP contribution is -2.11. The van der Waals surface area contributed by atoms with Gasteiger partial charge in [0.25, 0.3) is 0 Å². The zero-order chi connectivity index (χ0) is 19.2. The third-order valence-corrected chi connectivity index (χ3v) is 4.66. The summed E-state index contributed by atoms with van der Waals surface area (Å²) in [6.07, 6.45) is -4.39. The van der Waals surface area contributed by atoms with E-state index in [4.69, 9.17) is 5.73 Å². The van der Waals surface area contributed by atoms with Crippen molar-refractivity contribution in [2.24, 2.45) is 5.73 Å². The number of fused-ring (bicyclic) bond motifs is 3. The van der Waals surface area contributed by atoms with Crippen LogP contribution in [0.3, 0.4) is 0 Å². The molecule has 2 N–H and O–H groups in total. The molecular weight excluding hydrogens is 353 g/mol. The van der Waals surface area contributed by atoms with Gasteiger partial charge in [0.1, 0.15) is 0 Å². The highest BCUT2D eigenvalue weighted by molar-refractivity contribution is 6.17. The highest BCUT2D eigenvalue weighted by atomic mass is 19.4. The van der Waals surface area contributed by atoms with Crippen LogP contribution >= 0.6 is 0 Å². The minimum atomic E-state index is -4.39. The monoisotopic (exact) mass is 368 g/mol. The van der Waals surface area contributed by atoms with Crippen LogP contribution in [0.5, 0.6) is 0 Å². The summed E-state index contributed by atoms with van der Waals surface area (Å²) >= 11 is 0. The lowest BCUT2D eigenvalue weighted by Gasteiger charge is -2.11. The van der Waals surface area contributed by atoms with E-state index in [1.807, 2.05) is 34.9 Å². The Labute approximate surface area is 152 Å². The van der Waals surface area contributed by atoms with Gasteiger partial charge in [-0.25, -0.2) is 0 Å². The maximum Gasteiger partial charge on any atom is 0.416 e. The van der Waals surface area contributed by atoms with Crippen molar-refractivity contribution in [2.75, 3.05) is 0 Å². The van der Waals surface area contributed by atoms with Crippen molar-refractivity contribution in [1.29, 1.82) is 0 Å². The molecule has 0 atom stereocenters. The average molecular weight is 368 g/mol. The van der Waals surface area contributed by atoms with Gasteiger partial charge < -0.3 is 10.3 Å². The van der Waals surface area contributed by atoms with Crippen LogP contribution in [-0.4, -0.2) is 10.5 Å². The summed E-state index contributed by atoms with van der Waals surface area (Å²) in [5, 5.41) is 1.56. The van der Waals surface area contributed by atoms with Crippen LogP contribution in [0, 0.1) is 0 Å². The highest BCUT2D eigenvalue weighted by Crippen LogP contribution is 2.33. The molecule has 0 aliphatic carbocycles.